The molecule has 0 fully saturated rings. The molecule has 0 saturated heterocycles. The Morgan fingerprint density at radius 1 is 0.471 bits per heavy atom. The molecular formula is C31H62O3. The molecule has 0 rings (SSSR count). The lowest BCUT2D eigenvalue weighted by atomic mass is 9.91. The van der Waals surface area contributed by atoms with Crippen molar-refractivity contribution in [1.29, 1.82) is 0 Å². The van der Waals surface area contributed by atoms with Gasteiger partial charge in [0.1, 0.15) is 0 Å². The summed E-state index contributed by atoms with van der Waals surface area (Å²) in [6.07, 6.45) is 31.6. The van der Waals surface area contributed by atoms with Crippen LogP contribution in [0.4, 0.5) is 0 Å². The van der Waals surface area contributed by atoms with E-state index in [-0.39, 0.29) is 0 Å². The van der Waals surface area contributed by atoms with E-state index in [4.69, 9.17) is 0 Å². The second kappa shape index (κ2) is 27.0. The highest BCUT2D eigenvalue weighted by Gasteiger charge is 2.25. The van der Waals surface area contributed by atoms with Crippen LogP contribution in [0.25, 0.3) is 0 Å². The fourth-order valence-electron chi connectivity index (χ4n) is 5.08. The van der Waals surface area contributed by atoms with Gasteiger partial charge in [0.25, 0.3) is 0 Å². The maximum Gasteiger partial charge on any atom is 0.309 e. The van der Waals surface area contributed by atoms with E-state index >= 15 is 0 Å². The summed E-state index contributed by atoms with van der Waals surface area (Å²) >= 11 is 0. The molecule has 3 heteroatoms. The summed E-state index contributed by atoms with van der Waals surface area (Å²) in [4.78, 5) is 11.6. The van der Waals surface area contributed by atoms with Crippen LogP contribution in [0.5, 0.6) is 0 Å². The van der Waals surface area contributed by atoms with Crippen molar-refractivity contribution in [3.63, 3.8) is 0 Å². The largest absolute Gasteiger partial charge is 0.481 e. The van der Waals surface area contributed by atoms with Crippen molar-refractivity contribution in [2.75, 3.05) is 0 Å². The van der Waals surface area contributed by atoms with E-state index < -0.39 is 18.0 Å². The van der Waals surface area contributed by atoms with Crippen molar-refractivity contribution in [1.82, 2.24) is 0 Å². The Morgan fingerprint density at radius 2 is 0.735 bits per heavy atom. The molecule has 0 aromatic rings. The molecule has 3 nitrogen and oxygen atoms in total. The van der Waals surface area contributed by atoms with Crippen LogP contribution in [0.3, 0.4) is 0 Å². The molecule has 0 aliphatic heterocycles. The molecule has 0 unspecified atom stereocenters. The van der Waals surface area contributed by atoms with E-state index in [0.29, 0.717) is 12.8 Å². The van der Waals surface area contributed by atoms with Crippen molar-refractivity contribution in [3.05, 3.63) is 0 Å². The predicted octanol–water partition coefficient (Wildman–Crippen LogP) is 10.2. The second-order valence-corrected chi connectivity index (χ2v) is 10.9. The van der Waals surface area contributed by atoms with Gasteiger partial charge in [-0.15, -0.1) is 0 Å². The maximum atomic E-state index is 11.6. The molecular weight excluding hydrogens is 420 g/mol. The van der Waals surface area contributed by atoms with E-state index in [0.717, 1.165) is 25.7 Å². The highest BCUT2D eigenvalue weighted by molar-refractivity contribution is 5.70. The van der Waals surface area contributed by atoms with Crippen molar-refractivity contribution >= 4 is 5.97 Å². The predicted molar refractivity (Wildman–Crippen MR) is 149 cm³/mol. The molecule has 0 amide bonds. The SMILES string of the molecule is CCCCCCCCCCCCCCC[C@@H](C(=O)O)[C@H](O)CCCCCCCCCCCCC. The van der Waals surface area contributed by atoms with Crippen molar-refractivity contribution in [2.45, 2.75) is 187 Å². The molecule has 0 bridgehead atoms. The summed E-state index contributed by atoms with van der Waals surface area (Å²) in [5, 5.41) is 20.0. The Hall–Kier alpha value is -0.570. The van der Waals surface area contributed by atoms with Crippen LogP contribution in [0.15, 0.2) is 0 Å². The summed E-state index contributed by atoms with van der Waals surface area (Å²) < 4.78 is 0. The van der Waals surface area contributed by atoms with Gasteiger partial charge in [0, 0.05) is 0 Å². The molecule has 0 aromatic carbocycles. The van der Waals surface area contributed by atoms with Crippen LogP contribution < -0.4 is 0 Å². The van der Waals surface area contributed by atoms with E-state index in [9.17, 15) is 15.0 Å². The minimum absolute atomic E-state index is 0.573. The number of carbonyl (C=O) groups is 1. The number of aliphatic hydroxyl groups is 1. The van der Waals surface area contributed by atoms with Crippen LogP contribution >= 0.6 is 0 Å². The van der Waals surface area contributed by atoms with Gasteiger partial charge in [0.2, 0.25) is 0 Å². The van der Waals surface area contributed by atoms with Gasteiger partial charge in [-0.05, 0) is 12.8 Å². The highest BCUT2D eigenvalue weighted by atomic mass is 16.4. The average molecular weight is 483 g/mol. The van der Waals surface area contributed by atoms with E-state index in [1.165, 1.54) is 128 Å². The lowest BCUT2D eigenvalue weighted by Crippen LogP contribution is -2.28. The number of rotatable bonds is 28. The van der Waals surface area contributed by atoms with Gasteiger partial charge in [-0.25, -0.2) is 0 Å². The zero-order valence-electron chi connectivity index (χ0n) is 23.3. The zero-order chi connectivity index (χ0) is 25.1. The fourth-order valence-corrected chi connectivity index (χ4v) is 5.08. The van der Waals surface area contributed by atoms with Gasteiger partial charge in [0.15, 0.2) is 0 Å². The molecule has 0 heterocycles. The smallest absolute Gasteiger partial charge is 0.309 e. The molecule has 0 spiro atoms. The van der Waals surface area contributed by atoms with Gasteiger partial charge in [-0.2, -0.15) is 0 Å². The van der Waals surface area contributed by atoms with E-state index in [2.05, 4.69) is 13.8 Å². The quantitative estimate of drug-likeness (QED) is 0.109. The minimum atomic E-state index is -0.811. The number of carboxylic acids is 1. The Kier molecular flexibility index (Phi) is 26.6. The summed E-state index contributed by atoms with van der Waals surface area (Å²) in [5.74, 6) is -1.38. The summed E-state index contributed by atoms with van der Waals surface area (Å²) in [7, 11) is 0. The van der Waals surface area contributed by atoms with Crippen LogP contribution in [0.1, 0.15) is 181 Å². The Morgan fingerprint density at radius 3 is 1.03 bits per heavy atom. The van der Waals surface area contributed by atoms with Crippen LogP contribution in [0, 0.1) is 5.92 Å². The number of unbranched alkanes of at least 4 members (excludes halogenated alkanes) is 22. The number of hydrogen-bond donors (Lipinski definition) is 2. The lowest BCUT2D eigenvalue weighted by molar-refractivity contribution is -0.146. The average Bonchev–Trinajstić information content (AvgIpc) is 2.82. The monoisotopic (exact) mass is 482 g/mol. The molecule has 0 radical (unpaired) electrons. The Labute approximate surface area is 213 Å². The number of carboxylic acid groups (broad SMARTS) is 1. The Balaban J connectivity index is 3.58. The van der Waals surface area contributed by atoms with Crippen LogP contribution in [0.2, 0.25) is 0 Å². The zero-order valence-corrected chi connectivity index (χ0v) is 23.3. The third-order valence-corrected chi connectivity index (χ3v) is 7.50. The van der Waals surface area contributed by atoms with Crippen molar-refractivity contribution < 1.29 is 15.0 Å². The molecule has 2 N–H and O–H groups in total. The molecule has 2 atom stereocenters. The molecule has 0 aliphatic carbocycles. The fraction of sp³-hybridized carbons (Fsp3) is 0.968. The second-order valence-electron chi connectivity index (χ2n) is 10.9. The third kappa shape index (κ3) is 23.2. The maximum absolute atomic E-state index is 11.6. The van der Waals surface area contributed by atoms with Crippen LogP contribution in [-0.4, -0.2) is 22.3 Å². The van der Waals surface area contributed by atoms with Crippen LogP contribution in [-0.2, 0) is 4.79 Å². The number of aliphatic hydroxyl groups excluding tert-OH is 1. The first-order chi connectivity index (χ1) is 16.6. The minimum Gasteiger partial charge on any atom is -0.481 e. The van der Waals surface area contributed by atoms with Gasteiger partial charge in [0.05, 0.1) is 12.0 Å². The van der Waals surface area contributed by atoms with Crippen molar-refractivity contribution in [3.8, 4) is 0 Å². The molecule has 204 valence electrons. The molecule has 0 saturated carbocycles. The van der Waals surface area contributed by atoms with E-state index in [1.54, 1.807) is 0 Å². The number of hydrogen-bond acceptors (Lipinski definition) is 2. The standard InChI is InChI=1S/C31H62O3/c1-3-5-7-9-11-13-15-16-18-19-21-23-25-27-29(31(33)34)30(32)28-26-24-22-20-17-14-12-10-8-6-4-2/h29-30,32H,3-28H2,1-2H3,(H,33,34)/t29-,30-/m1/s1. The first-order valence-electron chi connectivity index (χ1n) is 15.5. The number of aliphatic carboxylic acids is 1. The molecule has 0 aliphatic rings. The summed E-state index contributed by atoms with van der Waals surface area (Å²) in [6, 6.07) is 0. The third-order valence-electron chi connectivity index (χ3n) is 7.50. The summed E-state index contributed by atoms with van der Waals surface area (Å²) in [6.45, 7) is 4.53. The first-order valence-corrected chi connectivity index (χ1v) is 15.5. The topological polar surface area (TPSA) is 57.5 Å². The van der Waals surface area contributed by atoms with E-state index in [1.807, 2.05) is 0 Å². The summed E-state index contributed by atoms with van der Waals surface area (Å²) in [5.41, 5.74) is 0. The van der Waals surface area contributed by atoms with Gasteiger partial charge >= 0.3 is 5.97 Å². The van der Waals surface area contributed by atoms with Gasteiger partial charge < -0.3 is 10.2 Å². The molecule has 0 aromatic heterocycles. The normalized spacial score (nSPS) is 13.3. The molecule has 34 heavy (non-hydrogen) atoms. The van der Waals surface area contributed by atoms with Gasteiger partial charge in [-0.1, -0.05) is 168 Å². The van der Waals surface area contributed by atoms with Crippen molar-refractivity contribution in [2.24, 2.45) is 5.92 Å². The first kappa shape index (κ1) is 33.4. The highest BCUT2D eigenvalue weighted by Crippen LogP contribution is 2.21. The van der Waals surface area contributed by atoms with Gasteiger partial charge in [-0.3, -0.25) is 4.79 Å². The lowest BCUT2D eigenvalue weighted by Gasteiger charge is -2.19. The Bertz CT molecular complexity index is 409.